The van der Waals surface area contributed by atoms with E-state index in [0.29, 0.717) is 6.04 Å². The molecule has 0 spiro atoms. The quantitative estimate of drug-likeness (QED) is 0.679. The van der Waals surface area contributed by atoms with E-state index in [1.807, 2.05) is 6.92 Å². The Hall–Kier alpha value is -0.0800. The van der Waals surface area contributed by atoms with Crippen LogP contribution in [0.25, 0.3) is 0 Å². The molecule has 2 unspecified atom stereocenters. The monoisotopic (exact) mass is 171 g/mol. The lowest BCUT2D eigenvalue weighted by molar-refractivity contribution is 0.118. The summed E-state index contributed by atoms with van der Waals surface area (Å²) in [5, 5.41) is 9.24. The predicted molar refractivity (Wildman–Crippen MR) is 51.2 cm³/mol. The van der Waals surface area contributed by atoms with Crippen LogP contribution in [-0.4, -0.2) is 34.7 Å². The van der Waals surface area contributed by atoms with Gasteiger partial charge in [0.1, 0.15) is 0 Å². The standard InChI is InChI=1S/C10H21NO/c1-4-11(10-5-6-10)8(2)7-9(3)12/h8-10,12H,4-7H2,1-3H3. The fourth-order valence-corrected chi connectivity index (χ4v) is 1.96. The molecule has 2 atom stereocenters. The SMILES string of the molecule is CCN(C(C)CC(C)O)C1CC1. The molecule has 12 heavy (non-hydrogen) atoms. The number of aliphatic hydroxyl groups is 1. The molecule has 0 aromatic carbocycles. The Kier molecular flexibility index (Phi) is 3.53. The van der Waals surface area contributed by atoms with Gasteiger partial charge in [0.05, 0.1) is 6.10 Å². The zero-order valence-electron chi connectivity index (χ0n) is 8.45. The van der Waals surface area contributed by atoms with E-state index in [-0.39, 0.29) is 6.10 Å². The first-order valence-corrected chi connectivity index (χ1v) is 5.09. The molecule has 0 aliphatic heterocycles. The van der Waals surface area contributed by atoms with Crippen molar-refractivity contribution in [1.82, 2.24) is 4.90 Å². The zero-order chi connectivity index (χ0) is 9.14. The largest absolute Gasteiger partial charge is 0.393 e. The zero-order valence-corrected chi connectivity index (χ0v) is 8.45. The van der Waals surface area contributed by atoms with Crippen molar-refractivity contribution in [3.8, 4) is 0 Å². The summed E-state index contributed by atoms with van der Waals surface area (Å²) in [5.41, 5.74) is 0. The van der Waals surface area contributed by atoms with E-state index in [1.165, 1.54) is 12.8 Å². The molecule has 0 radical (unpaired) electrons. The number of rotatable bonds is 5. The molecule has 0 aromatic heterocycles. The maximum Gasteiger partial charge on any atom is 0.0526 e. The van der Waals surface area contributed by atoms with Crippen LogP contribution in [0, 0.1) is 0 Å². The van der Waals surface area contributed by atoms with Gasteiger partial charge in [-0.25, -0.2) is 0 Å². The molecule has 0 heterocycles. The van der Waals surface area contributed by atoms with E-state index >= 15 is 0 Å². The second kappa shape index (κ2) is 4.24. The first-order valence-electron chi connectivity index (χ1n) is 5.09. The fourth-order valence-electron chi connectivity index (χ4n) is 1.96. The van der Waals surface area contributed by atoms with Crippen molar-refractivity contribution in [3.63, 3.8) is 0 Å². The Morgan fingerprint density at radius 2 is 2.00 bits per heavy atom. The molecule has 1 aliphatic carbocycles. The van der Waals surface area contributed by atoms with Crippen LogP contribution in [0.1, 0.15) is 40.0 Å². The molecule has 2 heteroatoms. The van der Waals surface area contributed by atoms with Crippen LogP contribution in [-0.2, 0) is 0 Å². The van der Waals surface area contributed by atoms with Crippen molar-refractivity contribution in [2.45, 2.75) is 58.2 Å². The maximum absolute atomic E-state index is 9.24. The Bertz CT molecular complexity index is 132. The summed E-state index contributed by atoms with van der Waals surface area (Å²) in [4.78, 5) is 2.51. The molecule has 0 amide bonds. The van der Waals surface area contributed by atoms with Gasteiger partial charge < -0.3 is 5.11 Å². The summed E-state index contributed by atoms with van der Waals surface area (Å²) in [6.07, 6.45) is 3.47. The fraction of sp³-hybridized carbons (Fsp3) is 1.00. The lowest BCUT2D eigenvalue weighted by Gasteiger charge is -2.28. The molecule has 72 valence electrons. The Morgan fingerprint density at radius 3 is 2.33 bits per heavy atom. The molecule has 1 N–H and O–H groups in total. The highest BCUT2D eigenvalue weighted by atomic mass is 16.3. The highest BCUT2D eigenvalue weighted by Crippen LogP contribution is 2.29. The summed E-state index contributed by atoms with van der Waals surface area (Å²) in [5.74, 6) is 0. The predicted octanol–water partition coefficient (Wildman–Crippen LogP) is 1.63. The Balaban J connectivity index is 2.30. The summed E-state index contributed by atoms with van der Waals surface area (Å²) < 4.78 is 0. The Morgan fingerprint density at radius 1 is 1.42 bits per heavy atom. The van der Waals surface area contributed by atoms with Gasteiger partial charge in [0.2, 0.25) is 0 Å². The number of hydrogen-bond donors (Lipinski definition) is 1. The first kappa shape index (κ1) is 10.0. The number of nitrogens with zero attached hydrogens (tertiary/aromatic N) is 1. The molecule has 1 rings (SSSR count). The van der Waals surface area contributed by atoms with Crippen molar-refractivity contribution in [1.29, 1.82) is 0 Å². The van der Waals surface area contributed by atoms with E-state index < -0.39 is 0 Å². The van der Waals surface area contributed by atoms with Crippen LogP contribution in [0.15, 0.2) is 0 Å². The minimum atomic E-state index is -0.159. The minimum Gasteiger partial charge on any atom is -0.393 e. The van der Waals surface area contributed by atoms with Gasteiger partial charge in [-0.15, -0.1) is 0 Å². The molecule has 1 aliphatic rings. The lowest BCUT2D eigenvalue weighted by atomic mass is 10.1. The minimum absolute atomic E-state index is 0.159. The highest BCUT2D eigenvalue weighted by molar-refractivity contribution is 4.87. The van der Waals surface area contributed by atoms with Gasteiger partial charge in [-0.3, -0.25) is 4.90 Å². The third-order valence-corrected chi connectivity index (χ3v) is 2.63. The van der Waals surface area contributed by atoms with Crippen molar-refractivity contribution < 1.29 is 5.11 Å². The molecular weight excluding hydrogens is 150 g/mol. The van der Waals surface area contributed by atoms with Gasteiger partial charge >= 0.3 is 0 Å². The van der Waals surface area contributed by atoms with Crippen LogP contribution >= 0.6 is 0 Å². The van der Waals surface area contributed by atoms with Crippen molar-refractivity contribution in [3.05, 3.63) is 0 Å². The molecule has 0 aromatic rings. The van der Waals surface area contributed by atoms with Gasteiger partial charge in [0.15, 0.2) is 0 Å². The van der Waals surface area contributed by atoms with Gasteiger partial charge in [0.25, 0.3) is 0 Å². The second-order valence-corrected chi connectivity index (χ2v) is 4.00. The van der Waals surface area contributed by atoms with Crippen LogP contribution in [0.4, 0.5) is 0 Å². The average Bonchev–Trinajstić information content (AvgIpc) is 2.70. The van der Waals surface area contributed by atoms with E-state index in [0.717, 1.165) is 19.0 Å². The average molecular weight is 171 g/mol. The normalized spacial score (nSPS) is 22.8. The Labute approximate surface area is 75.6 Å². The highest BCUT2D eigenvalue weighted by Gasteiger charge is 2.30. The van der Waals surface area contributed by atoms with E-state index in [4.69, 9.17) is 0 Å². The topological polar surface area (TPSA) is 23.5 Å². The molecule has 0 saturated heterocycles. The maximum atomic E-state index is 9.24. The molecule has 1 saturated carbocycles. The van der Waals surface area contributed by atoms with Gasteiger partial charge in [-0.1, -0.05) is 6.92 Å². The smallest absolute Gasteiger partial charge is 0.0526 e. The van der Waals surface area contributed by atoms with E-state index in [2.05, 4.69) is 18.7 Å². The first-order chi connectivity index (χ1) is 5.65. The van der Waals surface area contributed by atoms with Crippen LogP contribution in [0.2, 0.25) is 0 Å². The van der Waals surface area contributed by atoms with Crippen LogP contribution in [0.3, 0.4) is 0 Å². The van der Waals surface area contributed by atoms with Crippen molar-refractivity contribution >= 4 is 0 Å². The summed E-state index contributed by atoms with van der Waals surface area (Å²) in [6, 6.07) is 1.37. The summed E-state index contributed by atoms with van der Waals surface area (Å²) in [6.45, 7) is 7.42. The van der Waals surface area contributed by atoms with Crippen LogP contribution < -0.4 is 0 Å². The number of hydrogen-bond acceptors (Lipinski definition) is 2. The molecular formula is C10H21NO. The third kappa shape index (κ3) is 2.76. The van der Waals surface area contributed by atoms with E-state index in [1.54, 1.807) is 0 Å². The summed E-state index contributed by atoms with van der Waals surface area (Å²) in [7, 11) is 0. The third-order valence-electron chi connectivity index (χ3n) is 2.63. The number of aliphatic hydroxyl groups excluding tert-OH is 1. The van der Waals surface area contributed by atoms with Gasteiger partial charge in [-0.2, -0.15) is 0 Å². The van der Waals surface area contributed by atoms with E-state index in [9.17, 15) is 5.11 Å². The van der Waals surface area contributed by atoms with Crippen LogP contribution in [0.5, 0.6) is 0 Å². The molecule has 0 bridgehead atoms. The van der Waals surface area contributed by atoms with Gasteiger partial charge in [-0.05, 0) is 39.7 Å². The van der Waals surface area contributed by atoms with Gasteiger partial charge in [0, 0.05) is 12.1 Å². The molecule has 1 fully saturated rings. The molecule has 2 nitrogen and oxygen atoms in total. The lowest BCUT2D eigenvalue weighted by Crippen LogP contribution is -2.36. The van der Waals surface area contributed by atoms with Crippen molar-refractivity contribution in [2.24, 2.45) is 0 Å². The second-order valence-electron chi connectivity index (χ2n) is 4.00. The summed E-state index contributed by atoms with van der Waals surface area (Å²) >= 11 is 0. The van der Waals surface area contributed by atoms with Crippen molar-refractivity contribution in [2.75, 3.05) is 6.54 Å².